The molecule has 0 saturated heterocycles. The number of allylic oxidation sites excluding steroid dienone is 1. The Balaban J connectivity index is 2.10. The predicted octanol–water partition coefficient (Wildman–Crippen LogP) is 4.81. The van der Waals surface area contributed by atoms with Gasteiger partial charge in [-0.15, -0.1) is 6.58 Å². The van der Waals surface area contributed by atoms with Crippen molar-refractivity contribution in [1.82, 2.24) is 0 Å². The van der Waals surface area contributed by atoms with E-state index in [1.54, 1.807) is 0 Å². The van der Waals surface area contributed by atoms with Gasteiger partial charge in [0.1, 0.15) is 6.29 Å². The van der Waals surface area contributed by atoms with Crippen molar-refractivity contribution in [2.75, 3.05) is 0 Å². The van der Waals surface area contributed by atoms with E-state index in [1.165, 1.54) is 37.7 Å². The molecule has 0 aliphatic carbocycles. The quantitative estimate of drug-likeness (QED) is 0.346. The molecule has 1 nitrogen and oxygen atoms in total. The third kappa shape index (κ3) is 5.81. The zero-order chi connectivity index (χ0) is 13.2. The van der Waals surface area contributed by atoms with Crippen LogP contribution in [0.25, 0.3) is 0 Å². The number of benzene rings is 1. The molecule has 1 aromatic rings. The SMILES string of the molecule is C=CC(C)CCCCCCc1ccc(C=O)cc1. The third-order valence-corrected chi connectivity index (χ3v) is 3.39. The average Bonchev–Trinajstić information content (AvgIpc) is 2.43. The highest BCUT2D eigenvalue weighted by atomic mass is 16.1. The van der Waals surface area contributed by atoms with Crippen molar-refractivity contribution in [1.29, 1.82) is 0 Å². The van der Waals surface area contributed by atoms with Crippen molar-refractivity contribution in [3.05, 3.63) is 48.0 Å². The minimum absolute atomic E-state index is 0.654. The molecule has 0 bridgehead atoms. The standard InChI is InChI=1S/C17H24O/c1-3-15(2)8-6-4-5-7-9-16-10-12-17(14-18)13-11-16/h3,10-15H,1,4-9H2,2H3. The Labute approximate surface area is 111 Å². The van der Waals surface area contributed by atoms with Gasteiger partial charge in [-0.1, -0.05) is 56.5 Å². The first kappa shape index (κ1) is 14.7. The molecule has 0 aliphatic rings. The molecule has 0 aliphatic heterocycles. The predicted molar refractivity (Wildman–Crippen MR) is 78.0 cm³/mol. The molecule has 0 aromatic heterocycles. The Bertz CT molecular complexity index is 350. The second-order valence-electron chi connectivity index (χ2n) is 5.03. The van der Waals surface area contributed by atoms with Crippen molar-refractivity contribution in [2.45, 2.75) is 45.4 Å². The van der Waals surface area contributed by atoms with Crippen LogP contribution in [0.4, 0.5) is 0 Å². The van der Waals surface area contributed by atoms with Crippen LogP contribution in [0.5, 0.6) is 0 Å². The van der Waals surface area contributed by atoms with E-state index in [9.17, 15) is 4.79 Å². The van der Waals surface area contributed by atoms with Crippen molar-refractivity contribution in [3.63, 3.8) is 0 Å². The summed E-state index contributed by atoms with van der Waals surface area (Å²) in [5.74, 6) is 0.654. The average molecular weight is 244 g/mol. The van der Waals surface area contributed by atoms with Crippen LogP contribution in [0, 0.1) is 5.92 Å². The van der Waals surface area contributed by atoms with E-state index in [0.29, 0.717) is 5.92 Å². The van der Waals surface area contributed by atoms with E-state index in [1.807, 2.05) is 18.2 Å². The highest BCUT2D eigenvalue weighted by molar-refractivity contribution is 5.74. The Hall–Kier alpha value is -1.37. The van der Waals surface area contributed by atoms with Crippen LogP contribution in [-0.2, 0) is 6.42 Å². The molecule has 0 N–H and O–H groups in total. The van der Waals surface area contributed by atoms with Crippen molar-refractivity contribution in [3.8, 4) is 0 Å². The van der Waals surface area contributed by atoms with Gasteiger partial charge in [-0.3, -0.25) is 4.79 Å². The summed E-state index contributed by atoms with van der Waals surface area (Å²) in [4.78, 5) is 10.5. The molecule has 1 unspecified atom stereocenters. The number of hydrogen-bond donors (Lipinski definition) is 0. The minimum atomic E-state index is 0.654. The fourth-order valence-electron chi connectivity index (χ4n) is 2.03. The smallest absolute Gasteiger partial charge is 0.150 e. The van der Waals surface area contributed by atoms with Gasteiger partial charge in [0.05, 0.1) is 0 Å². The zero-order valence-corrected chi connectivity index (χ0v) is 11.4. The normalized spacial score (nSPS) is 12.1. The number of aldehydes is 1. The first-order chi connectivity index (χ1) is 8.76. The Kier molecular flexibility index (Phi) is 7.09. The van der Waals surface area contributed by atoms with Gasteiger partial charge >= 0.3 is 0 Å². The maximum absolute atomic E-state index is 10.5. The van der Waals surface area contributed by atoms with Crippen LogP contribution in [0.3, 0.4) is 0 Å². The van der Waals surface area contributed by atoms with Crippen LogP contribution >= 0.6 is 0 Å². The lowest BCUT2D eigenvalue weighted by atomic mass is 10.0. The van der Waals surface area contributed by atoms with Gasteiger partial charge in [-0.2, -0.15) is 0 Å². The van der Waals surface area contributed by atoms with Gasteiger partial charge in [-0.25, -0.2) is 0 Å². The summed E-state index contributed by atoms with van der Waals surface area (Å²) < 4.78 is 0. The van der Waals surface area contributed by atoms with E-state index in [0.717, 1.165) is 18.3 Å². The van der Waals surface area contributed by atoms with Gasteiger partial charge < -0.3 is 0 Å². The summed E-state index contributed by atoms with van der Waals surface area (Å²) >= 11 is 0. The fraction of sp³-hybridized carbons (Fsp3) is 0.471. The highest BCUT2D eigenvalue weighted by Gasteiger charge is 1.97. The lowest BCUT2D eigenvalue weighted by molar-refractivity contribution is 0.112. The first-order valence-electron chi connectivity index (χ1n) is 6.93. The monoisotopic (exact) mass is 244 g/mol. The lowest BCUT2D eigenvalue weighted by Gasteiger charge is -2.05. The highest BCUT2D eigenvalue weighted by Crippen LogP contribution is 2.13. The molecule has 0 heterocycles. The lowest BCUT2D eigenvalue weighted by Crippen LogP contribution is -1.90. The van der Waals surface area contributed by atoms with Crippen molar-refractivity contribution in [2.24, 2.45) is 5.92 Å². The zero-order valence-electron chi connectivity index (χ0n) is 11.4. The Morgan fingerprint density at radius 1 is 1.11 bits per heavy atom. The van der Waals surface area contributed by atoms with Crippen LogP contribution in [-0.4, -0.2) is 6.29 Å². The molecular formula is C17H24O. The summed E-state index contributed by atoms with van der Waals surface area (Å²) in [5, 5.41) is 0. The van der Waals surface area contributed by atoms with Crippen LogP contribution < -0.4 is 0 Å². The van der Waals surface area contributed by atoms with Gasteiger partial charge in [0.15, 0.2) is 0 Å². The van der Waals surface area contributed by atoms with E-state index in [2.05, 4.69) is 25.6 Å². The second-order valence-corrected chi connectivity index (χ2v) is 5.03. The largest absolute Gasteiger partial charge is 0.298 e. The molecule has 18 heavy (non-hydrogen) atoms. The molecule has 1 aromatic carbocycles. The van der Waals surface area contributed by atoms with Crippen LogP contribution in [0.15, 0.2) is 36.9 Å². The Morgan fingerprint density at radius 3 is 2.39 bits per heavy atom. The number of carbonyl (C=O) groups is 1. The summed E-state index contributed by atoms with van der Waals surface area (Å²) in [6, 6.07) is 7.91. The fourth-order valence-corrected chi connectivity index (χ4v) is 2.03. The topological polar surface area (TPSA) is 17.1 Å². The van der Waals surface area contributed by atoms with Crippen LogP contribution in [0.1, 0.15) is 54.9 Å². The molecule has 1 atom stereocenters. The molecule has 0 fully saturated rings. The van der Waals surface area contributed by atoms with Crippen molar-refractivity contribution < 1.29 is 4.79 Å². The van der Waals surface area contributed by atoms with Gasteiger partial charge in [0, 0.05) is 5.56 Å². The minimum Gasteiger partial charge on any atom is -0.298 e. The number of carbonyl (C=O) groups excluding carboxylic acids is 1. The number of rotatable bonds is 9. The van der Waals surface area contributed by atoms with Gasteiger partial charge in [0.2, 0.25) is 0 Å². The molecule has 0 saturated carbocycles. The summed E-state index contributed by atoms with van der Waals surface area (Å²) in [5.41, 5.74) is 2.09. The maximum atomic E-state index is 10.5. The van der Waals surface area contributed by atoms with Gasteiger partial charge in [0.25, 0.3) is 0 Å². The molecule has 98 valence electrons. The second kappa shape index (κ2) is 8.68. The summed E-state index contributed by atoms with van der Waals surface area (Å²) in [6.45, 7) is 6.03. The number of aryl methyl sites for hydroxylation is 1. The van der Waals surface area contributed by atoms with E-state index in [4.69, 9.17) is 0 Å². The molecule has 1 heteroatoms. The third-order valence-electron chi connectivity index (χ3n) is 3.39. The number of unbranched alkanes of at least 4 members (excludes halogenated alkanes) is 3. The molecular weight excluding hydrogens is 220 g/mol. The Morgan fingerprint density at radius 2 is 1.78 bits per heavy atom. The molecule has 0 amide bonds. The van der Waals surface area contributed by atoms with E-state index < -0.39 is 0 Å². The summed E-state index contributed by atoms with van der Waals surface area (Å²) in [7, 11) is 0. The first-order valence-corrected chi connectivity index (χ1v) is 6.93. The van der Waals surface area contributed by atoms with E-state index in [-0.39, 0.29) is 0 Å². The van der Waals surface area contributed by atoms with Crippen LogP contribution in [0.2, 0.25) is 0 Å². The summed E-state index contributed by atoms with van der Waals surface area (Å²) in [6.07, 6.45) is 10.5. The molecule has 1 rings (SSSR count). The molecule has 0 radical (unpaired) electrons. The maximum Gasteiger partial charge on any atom is 0.150 e. The molecule has 0 spiro atoms. The van der Waals surface area contributed by atoms with Gasteiger partial charge in [-0.05, 0) is 30.7 Å². The van der Waals surface area contributed by atoms with Crippen molar-refractivity contribution >= 4 is 6.29 Å². The number of hydrogen-bond acceptors (Lipinski definition) is 1. The van der Waals surface area contributed by atoms with E-state index >= 15 is 0 Å².